The van der Waals surface area contributed by atoms with Gasteiger partial charge in [0.1, 0.15) is 34.2 Å². The van der Waals surface area contributed by atoms with Gasteiger partial charge in [0, 0.05) is 45.7 Å². The molecule has 0 aliphatic heterocycles. The molecule has 11 aromatic rings. The van der Waals surface area contributed by atoms with Crippen LogP contribution in [0.25, 0.3) is 44.0 Å². The van der Waals surface area contributed by atoms with Gasteiger partial charge in [-0.3, -0.25) is 9.80 Å². The Morgan fingerprint density at radius 1 is 0.500 bits per heavy atom. The number of hydrogen-bond donors (Lipinski definition) is 0. The highest BCUT2D eigenvalue weighted by Gasteiger charge is 2.50. The number of para-hydroxylation sites is 1. The number of hydrogen-bond acceptors (Lipinski definition) is 6. The highest BCUT2D eigenvalue weighted by molar-refractivity contribution is 6.22. The molecule has 1 aliphatic rings. The zero-order valence-electron chi connectivity index (χ0n) is 41.9. The number of benzene rings is 7. The third-order valence-corrected chi connectivity index (χ3v) is 14.6. The molecule has 1 aliphatic carbocycles. The van der Waals surface area contributed by atoms with Crippen molar-refractivity contribution in [2.45, 2.75) is 71.6 Å². The first-order valence-electron chi connectivity index (χ1n) is 24.7. The Labute approximate surface area is 420 Å². The number of pyridine rings is 2. The Bertz CT molecular complexity index is 3840. The lowest BCUT2D eigenvalue weighted by atomic mass is 9.67. The summed E-state index contributed by atoms with van der Waals surface area (Å²) in [5.41, 5.74) is 14.4. The molecule has 12 rings (SSSR count). The van der Waals surface area contributed by atoms with E-state index in [4.69, 9.17) is 18.8 Å². The maximum absolute atomic E-state index is 16.4. The molecule has 1 atom stereocenters. The summed E-state index contributed by atoms with van der Waals surface area (Å²) in [5, 5.41) is 2.78. The quantitative estimate of drug-likeness (QED) is 0.151. The van der Waals surface area contributed by atoms with Crippen LogP contribution < -0.4 is 9.80 Å². The largest absolute Gasteiger partial charge is 0.464 e. The molecular formula is C65H55FN4O2. The number of furan rings is 2. The van der Waals surface area contributed by atoms with E-state index in [1.807, 2.05) is 36.7 Å². The molecule has 354 valence electrons. The molecule has 72 heavy (non-hydrogen) atoms. The monoisotopic (exact) mass is 942 g/mol. The number of nitrogens with zero attached hydrogens (tertiary/aromatic N) is 4. The van der Waals surface area contributed by atoms with E-state index in [9.17, 15) is 0 Å². The Morgan fingerprint density at radius 3 is 1.61 bits per heavy atom. The van der Waals surface area contributed by atoms with Crippen molar-refractivity contribution in [3.63, 3.8) is 0 Å². The third kappa shape index (κ3) is 7.12. The van der Waals surface area contributed by atoms with Crippen LogP contribution in [0.3, 0.4) is 0 Å². The van der Waals surface area contributed by atoms with Gasteiger partial charge in [0.2, 0.25) is 0 Å². The van der Waals surface area contributed by atoms with Gasteiger partial charge in [-0.1, -0.05) is 139 Å². The van der Waals surface area contributed by atoms with Crippen LogP contribution in [0.15, 0.2) is 197 Å². The van der Waals surface area contributed by atoms with Crippen LogP contribution in [0.1, 0.15) is 86.1 Å². The highest BCUT2D eigenvalue weighted by Crippen LogP contribution is 2.63. The average molecular weight is 943 g/mol. The molecular weight excluding hydrogens is 888 g/mol. The molecule has 0 amide bonds. The van der Waals surface area contributed by atoms with Gasteiger partial charge < -0.3 is 8.83 Å². The fourth-order valence-corrected chi connectivity index (χ4v) is 11.0. The fourth-order valence-electron chi connectivity index (χ4n) is 11.0. The van der Waals surface area contributed by atoms with Gasteiger partial charge >= 0.3 is 0 Å². The second kappa shape index (κ2) is 16.7. The van der Waals surface area contributed by atoms with Gasteiger partial charge in [-0.15, -0.1) is 0 Å². The van der Waals surface area contributed by atoms with Crippen LogP contribution in [0.5, 0.6) is 0 Å². The summed E-state index contributed by atoms with van der Waals surface area (Å²) in [6.07, 6.45) is 5.60. The van der Waals surface area contributed by atoms with Crippen molar-refractivity contribution in [1.82, 2.24) is 9.97 Å². The highest BCUT2D eigenvalue weighted by atomic mass is 19.1. The van der Waals surface area contributed by atoms with Crippen molar-refractivity contribution in [2.75, 3.05) is 9.80 Å². The molecule has 0 saturated heterocycles. The minimum atomic E-state index is -1.13. The molecule has 6 nitrogen and oxygen atoms in total. The molecule has 0 saturated carbocycles. The average Bonchev–Trinajstić information content (AvgIpc) is 4.09. The summed E-state index contributed by atoms with van der Waals surface area (Å²) in [6, 6.07) is 58.4. The van der Waals surface area contributed by atoms with Crippen LogP contribution in [0.4, 0.5) is 38.8 Å². The van der Waals surface area contributed by atoms with E-state index >= 15 is 4.39 Å². The predicted molar refractivity (Wildman–Crippen MR) is 293 cm³/mol. The van der Waals surface area contributed by atoms with Gasteiger partial charge in [-0.2, -0.15) is 0 Å². The molecule has 0 radical (unpaired) electrons. The normalized spacial score (nSPS) is 14.5. The molecule has 0 N–H and O–H groups in total. The van der Waals surface area contributed by atoms with Crippen LogP contribution in [0.2, 0.25) is 0 Å². The van der Waals surface area contributed by atoms with Crippen molar-refractivity contribution >= 4 is 67.3 Å². The van der Waals surface area contributed by atoms with E-state index in [1.54, 1.807) is 12.3 Å². The van der Waals surface area contributed by atoms with Crippen molar-refractivity contribution in [1.29, 1.82) is 0 Å². The number of fused-ring (bicyclic) bond motifs is 9. The van der Waals surface area contributed by atoms with E-state index in [1.165, 1.54) is 17.2 Å². The van der Waals surface area contributed by atoms with Crippen LogP contribution in [-0.4, -0.2) is 9.97 Å². The second-order valence-corrected chi connectivity index (χ2v) is 21.4. The van der Waals surface area contributed by atoms with E-state index in [2.05, 4.69) is 199 Å². The predicted octanol–water partition coefficient (Wildman–Crippen LogP) is 17.8. The molecule has 0 bridgehead atoms. The molecule has 1 unspecified atom stereocenters. The summed E-state index contributed by atoms with van der Waals surface area (Å²) >= 11 is 0. The van der Waals surface area contributed by atoms with Crippen molar-refractivity contribution in [2.24, 2.45) is 0 Å². The molecule has 4 aromatic heterocycles. The molecule has 7 aromatic carbocycles. The number of aromatic nitrogens is 2. The van der Waals surface area contributed by atoms with Gasteiger partial charge in [0.15, 0.2) is 0 Å². The van der Waals surface area contributed by atoms with Gasteiger partial charge in [0.25, 0.3) is 0 Å². The van der Waals surface area contributed by atoms with Crippen LogP contribution >= 0.6 is 0 Å². The molecule has 7 heteroatoms. The van der Waals surface area contributed by atoms with E-state index < -0.39 is 5.41 Å². The Morgan fingerprint density at radius 2 is 1.04 bits per heavy atom. The number of anilines is 6. The Hall–Kier alpha value is -8.29. The van der Waals surface area contributed by atoms with Crippen LogP contribution in [0, 0.1) is 19.7 Å². The lowest BCUT2D eigenvalue weighted by molar-refractivity contribution is 0.590. The Balaban J connectivity index is 1.25. The maximum Gasteiger partial charge on any atom is 0.145 e. The molecule has 4 heterocycles. The summed E-state index contributed by atoms with van der Waals surface area (Å²) in [7, 11) is 0. The number of aryl methyl sites for hydroxylation is 2. The zero-order chi connectivity index (χ0) is 49.7. The summed E-state index contributed by atoms with van der Waals surface area (Å²) in [5.74, 6) is 1.16. The first kappa shape index (κ1) is 44.9. The minimum Gasteiger partial charge on any atom is -0.464 e. The smallest absolute Gasteiger partial charge is 0.145 e. The van der Waals surface area contributed by atoms with Gasteiger partial charge in [-0.05, 0) is 142 Å². The summed E-state index contributed by atoms with van der Waals surface area (Å²) < 4.78 is 30.5. The van der Waals surface area contributed by atoms with E-state index in [0.717, 1.165) is 101 Å². The lowest BCUT2D eigenvalue weighted by Gasteiger charge is -2.35. The topological polar surface area (TPSA) is 58.5 Å². The molecule has 0 spiro atoms. The van der Waals surface area contributed by atoms with Gasteiger partial charge in [0.05, 0.1) is 28.4 Å². The van der Waals surface area contributed by atoms with E-state index in [0.29, 0.717) is 11.2 Å². The van der Waals surface area contributed by atoms with Crippen molar-refractivity contribution < 1.29 is 13.2 Å². The number of rotatable bonds is 8. The standard InChI is InChI=1S/C65H55FN4O2/c1-40-21-31-56(67-38-40)69(47-27-23-42(24-28-47)63(3,4)5)53-36-51-59(61-49(53)33-34-71-61)60-52(65(51,44-15-10-9-11-16-44)45-17-14-18-46(66)35-45)37-54(58-50-19-12-13-20-55(50)72-62(58)60)70(57-32-22-41(2)39-68-57)48-29-25-43(26-30-48)64(6,7)8/h9-39H,1-8H3. The first-order valence-corrected chi connectivity index (χ1v) is 24.7. The van der Waals surface area contributed by atoms with Gasteiger partial charge in [-0.25, -0.2) is 14.4 Å². The zero-order valence-corrected chi connectivity index (χ0v) is 41.9. The summed E-state index contributed by atoms with van der Waals surface area (Å²) in [6.45, 7) is 17.5. The number of halogens is 1. The second-order valence-electron chi connectivity index (χ2n) is 21.4. The SMILES string of the molecule is Cc1ccc(N(c2ccc(C(C)(C)C)cc2)c2cc3c(c4occc24)-c2c(cc(N(c4ccc(C(C)(C)C)cc4)c4ccc(C)cn4)c4c2oc2ccccc24)C3(c2ccccc2)c2cccc(F)c2)nc1. The Kier molecular flexibility index (Phi) is 10.4. The van der Waals surface area contributed by atoms with E-state index in [-0.39, 0.29) is 16.6 Å². The lowest BCUT2D eigenvalue weighted by Crippen LogP contribution is -2.29. The third-order valence-electron chi connectivity index (χ3n) is 14.6. The first-order chi connectivity index (χ1) is 34.7. The minimum absolute atomic E-state index is 0.0509. The van der Waals surface area contributed by atoms with Crippen LogP contribution in [-0.2, 0) is 16.2 Å². The fraction of sp³-hybridized carbons (Fsp3) is 0.169. The summed E-state index contributed by atoms with van der Waals surface area (Å²) in [4.78, 5) is 14.7. The molecule has 0 fully saturated rings. The van der Waals surface area contributed by atoms with Crippen molar-refractivity contribution in [3.8, 4) is 11.1 Å². The van der Waals surface area contributed by atoms with Crippen molar-refractivity contribution in [3.05, 3.63) is 239 Å². The maximum atomic E-state index is 16.4.